The summed E-state index contributed by atoms with van der Waals surface area (Å²) in [7, 11) is 0. The van der Waals surface area contributed by atoms with E-state index in [2.05, 4.69) is 48.0 Å². The molecule has 0 aromatic carbocycles. The van der Waals surface area contributed by atoms with Crippen molar-refractivity contribution in [3.05, 3.63) is 28.7 Å². The van der Waals surface area contributed by atoms with Crippen LogP contribution < -0.4 is 0 Å². The average molecular weight is 202 g/mol. The maximum absolute atomic E-state index is 3.71. The molecule has 0 heterocycles. The maximum Gasteiger partial charge on any atom is 0.0163 e. The Morgan fingerprint density at radius 3 is 2.20 bits per heavy atom. The van der Waals surface area contributed by atoms with Gasteiger partial charge >= 0.3 is 0 Å². The lowest BCUT2D eigenvalue weighted by Crippen LogP contribution is -2.25. The van der Waals surface area contributed by atoms with Gasteiger partial charge in [-0.1, -0.05) is 38.8 Å². The van der Waals surface area contributed by atoms with Gasteiger partial charge in [0.2, 0.25) is 0 Å². The topological polar surface area (TPSA) is 0 Å². The van der Waals surface area contributed by atoms with Crippen molar-refractivity contribution in [3.63, 3.8) is 0 Å². The van der Waals surface area contributed by atoms with Crippen molar-refractivity contribution in [1.82, 2.24) is 0 Å². The molecule has 0 fully saturated rings. The number of hydrogen-bond acceptors (Lipinski definition) is 0. The number of hydrogen-bond donors (Lipinski definition) is 0. The summed E-state index contributed by atoms with van der Waals surface area (Å²) in [5.74, 6) is 2.66. The Hall–Kier alpha value is -0.520. The van der Waals surface area contributed by atoms with Crippen LogP contribution in [0.2, 0.25) is 0 Å². The van der Waals surface area contributed by atoms with E-state index in [1.165, 1.54) is 11.1 Å². The quantitative estimate of drug-likeness (QED) is 0.550. The highest BCUT2D eigenvalue weighted by Gasteiger charge is 2.37. The lowest BCUT2D eigenvalue weighted by Gasteiger charge is -2.34. The summed E-state index contributed by atoms with van der Waals surface area (Å²) >= 11 is 0. The van der Waals surface area contributed by atoms with Crippen LogP contribution in [0.15, 0.2) is 22.3 Å². The minimum absolute atomic E-state index is 0.609. The largest absolute Gasteiger partial charge is 0.0632 e. The van der Waals surface area contributed by atoms with Gasteiger partial charge in [0, 0.05) is 6.42 Å². The fourth-order valence-electron chi connectivity index (χ4n) is 3.05. The molecule has 4 atom stereocenters. The van der Waals surface area contributed by atoms with Crippen molar-refractivity contribution in [2.24, 2.45) is 23.7 Å². The number of rotatable bonds is 0. The normalized spacial score (nSPS) is 41.2. The van der Waals surface area contributed by atoms with Crippen molar-refractivity contribution in [2.75, 3.05) is 0 Å². The van der Waals surface area contributed by atoms with Crippen LogP contribution in [0.4, 0.5) is 0 Å². The molecule has 2 rings (SSSR count). The van der Waals surface area contributed by atoms with Gasteiger partial charge in [-0.15, -0.1) is 0 Å². The summed E-state index contributed by atoms with van der Waals surface area (Å²) in [4.78, 5) is 0. The van der Waals surface area contributed by atoms with Gasteiger partial charge in [0.1, 0.15) is 0 Å². The SMILES string of the molecule is CC1=C(C)C(C)C2=C1C(C)C(C)C(C)[C]2. The molecule has 4 unspecified atom stereocenters. The van der Waals surface area contributed by atoms with Gasteiger partial charge in [-0.2, -0.15) is 0 Å². The van der Waals surface area contributed by atoms with Crippen LogP contribution in [-0.2, 0) is 0 Å². The maximum atomic E-state index is 3.71. The minimum atomic E-state index is 0.609. The van der Waals surface area contributed by atoms with Gasteiger partial charge in [-0.25, -0.2) is 0 Å². The first-order valence-electron chi connectivity index (χ1n) is 6.13. The summed E-state index contributed by atoms with van der Waals surface area (Å²) < 4.78 is 0. The van der Waals surface area contributed by atoms with E-state index in [1.807, 2.05) is 0 Å². The molecule has 2 aliphatic carbocycles. The molecule has 0 saturated heterocycles. The summed E-state index contributed by atoms with van der Waals surface area (Å²) in [6, 6.07) is 0. The Bertz CT molecular complexity index is 343. The minimum Gasteiger partial charge on any atom is -0.0632 e. The smallest absolute Gasteiger partial charge is 0.0163 e. The van der Waals surface area contributed by atoms with Crippen LogP contribution in [0.3, 0.4) is 0 Å². The molecular weight excluding hydrogens is 180 g/mol. The average Bonchev–Trinajstić information content (AvgIpc) is 2.40. The molecule has 0 aromatic heterocycles. The summed E-state index contributed by atoms with van der Waals surface area (Å²) in [6.45, 7) is 13.9. The van der Waals surface area contributed by atoms with Crippen molar-refractivity contribution in [3.8, 4) is 0 Å². The van der Waals surface area contributed by atoms with Crippen molar-refractivity contribution in [2.45, 2.75) is 41.5 Å². The number of allylic oxidation sites excluding steroid dienone is 4. The molecule has 0 aliphatic heterocycles. The zero-order chi connectivity index (χ0) is 11.3. The fraction of sp³-hybridized carbons (Fsp3) is 0.667. The van der Waals surface area contributed by atoms with Crippen LogP contribution in [0, 0.1) is 30.1 Å². The third-order valence-electron chi connectivity index (χ3n) is 4.78. The first-order valence-corrected chi connectivity index (χ1v) is 6.13. The standard InChI is InChI=1S/C15H22/c1-8-7-14-11(4)10(3)13(6)15(14)12(5)9(8)2/h8-9,11-12H,1-6H3. The molecule has 0 spiro atoms. The Balaban J connectivity index is 2.45. The lowest BCUT2D eigenvalue weighted by atomic mass is 9.70. The van der Waals surface area contributed by atoms with Crippen LogP contribution in [0.1, 0.15) is 41.5 Å². The highest BCUT2D eigenvalue weighted by atomic mass is 14.4. The van der Waals surface area contributed by atoms with E-state index in [-0.39, 0.29) is 0 Å². The Morgan fingerprint density at radius 2 is 1.60 bits per heavy atom. The van der Waals surface area contributed by atoms with E-state index < -0.39 is 0 Å². The van der Waals surface area contributed by atoms with Crippen LogP contribution in [-0.4, -0.2) is 0 Å². The van der Waals surface area contributed by atoms with Crippen molar-refractivity contribution < 1.29 is 0 Å². The molecule has 0 amide bonds. The molecule has 2 aliphatic rings. The summed E-state index contributed by atoms with van der Waals surface area (Å²) in [5.41, 5.74) is 6.20. The molecule has 0 heteroatoms. The third-order valence-corrected chi connectivity index (χ3v) is 4.78. The monoisotopic (exact) mass is 202 g/mol. The van der Waals surface area contributed by atoms with Gasteiger partial charge in [0.25, 0.3) is 0 Å². The zero-order valence-electron chi connectivity index (χ0n) is 10.8. The van der Waals surface area contributed by atoms with E-state index in [0.717, 1.165) is 5.92 Å². The van der Waals surface area contributed by atoms with Gasteiger partial charge in [0.05, 0.1) is 0 Å². The van der Waals surface area contributed by atoms with Gasteiger partial charge in [-0.3, -0.25) is 0 Å². The first-order chi connectivity index (χ1) is 6.95. The zero-order valence-corrected chi connectivity index (χ0v) is 10.8. The molecule has 2 radical (unpaired) electrons. The molecule has 0 N–H and O–H groups in total. The van der Waals surface area contributed by atoms with Crippen molar-refractivity contribution >= 4 is 0 Å². The van der Waals surface area contributed by atoms with Crippen LogP contribution in [0.25, 0.3) is 0 Å². The highest BCUT2D eigenvalue weighted by Crippen LogP contribution is 2.49. The van der Waals surface area contributed by atoms with Gasteiger partial charge < -0.3 is 0 Å². The van der Waals surface area contributed by atoms with Gasteiger partial charge in [-0.05, 0) is 48.7 Å². The Labute approximate surface area is 94.5 Å². The molecule has 15 heavy (non-hydrogen) atoms. The second-order valence-electron chi connectivity index (χ2n) is 5.44. The predicted octanol–water partition coefficient (Wildman–Crippen LogP) is 4.27. The molecule has 82 valence electrons. The molecule has 0 saturated carbocycles. The summed E-state index contributed by atoms with van der Waals surface area (Å²) in [6.07, 6.45) is 3.71. The highest BCUT2D eigenvalue weighted by molar-refractivity contribution is 5.53. The summed E-state index contributed by atoms with van der Waals surface area (Å²) in [5, 5.41) is 0. The fourth-order valence-corrected chi connectivity index (χ4v) is 3.05. The third kappa shape index (κ3) is 1.41. The van der Waals surface area contributed by atoms with E-state index in [9.17, 15) is 0 Å². The molecule has 0 bridgehead atoms. The van der Waals surface area contributed by atoms with E-state index in [4.69, 9.17) is 0 Å². The van der Waals surface area contributed by atoms with Crippen LogP contribution in [0.5, 0.6) is 0 Å². The first kappa shape index (κ1) is 11.0. The van der Waals surface area contributed by atoms with Gasteiger partial charge in [0.15, 0.2) is 0 Å². The van der Waals surface area contributed by atoms with Crippen molar-refractivity contribution in [1.29, 1.82) is 0 Å². The second kappa shape index (κ2) is 3.50. The molecule has 0 aromatic rings. The predicted molar refractivity (Wildman–Crippen MR) is 65.3 cm³/mol. The van der Waals surface area contributed by atoms with E-state index >= 15 is 0 Å². The molecule has 0 nitrogen and oxygen atoms in total. The Morgan fingerprint density at radius 1 is 1.00 bits per heavy atom. The van der Waals surface area contributed by atoms with E-state index in [1.54, 1.807) is 11.1 Å². The lowest BCUT2D eigenvalue weighted by molar-refractivity contribution is 0.327. The molecular formula is C15H22. The van der Waals surface area contributed by atoms with E-state index in [0.29, 0.717) is 17.8 Å². The Kier molecular flexibility index (Phi) is 2.56. The second-order valence-corrected chi connectivity index (χ2v) is 5.44. The van der Waals surface area contributed by atoms with Crippen LogP contribution >= 0.6 is 0 Å².